The number of methoxy groups -OCH3 is 1. The monoisotopic (exact) mass is 599 g/mol. The highest BCUT2D eigenvalue weighted by Crippen LogP contribution is 2.40. The zero-order valence-corrected chi connectivity index (χ0v) is 22.8. The molecule has 12 heteroatoms. The zero-order chi connectivity index (χ0) is 26.9. The average molecular weight is 601 g/mol. The fourth-order valence-corrected chi connectivity index (χ4v) is 5.45. The standard InChI is InChI=1S/C25H26BrClF3N5O2/c1-14-13-34(20-11-23(36-3)32-12-18(20)27)9-7-21(14)37-22-5-4-16(10-17(22)26)35-19(6-8-31)15(2)24(33-35)25(28,29)30/h4-5,10-12,14-15,19,21H,6-7,9,13H2,1-3H3/t14-,15+,19+,21-/m1/s1. The summed E-state index contributed by atoms with van der Waals surface area (Å²) in [4.78, 5) is 6.30. The topological polar surface area (TPSA) is 74.0 Å². The normalized spacial score (nSPS) is 24.0. The maximum absolute atomic E-state index is 13.5. The van der Waals surface area contributed by atoms with E-state index in [1.165, 1.54) is 11.9 Å². The van der Waals surface area contributed by atoms with Gasteiger partial charge in [-0.3, -0.25) is 5.01 Å². The molecule has 0 spiro atoms. The molecule has 0 radical (unpaired) electrons. The lowest BCUT2D eigenvalue weighted by Gasteiger charge is -2.38. The molecule has 0 aliphatic carbocycles. The van der Waals surface area contributed by atoms with E-state index in [4.69, 9.17) is 21.1 Å². The van der Waals surface area contributed by atoms with Gasteiger partial charge in [0.2, 0.25) is 5.88 Å². The first kappa shape index (κ1) is 27.3. The molecule has 0 amide bonds. The summed E-state index contributed by atoms with van der Waals surface area (Å²) < 4.78 is 52.5. The van der Waals surface area contributed by atoms with Crippen LogP contribution in [0.5, 0.6) is 11.6 Å². The smallest absolute Gasteiger partial charge is 0.431 e. The van der Waals surface area contributed by atoms with E-state index < -0.39 is 23.8 Å². The van der Waals surface area contributed by atoms with Crippen molar-refractivity contribution in [3.05, 3.63) is 40.0 Å². The SMILES string of the molecule is COc1cc(N2CC[C@@H](Oc3ccc(N4N=C(C(F)(F)F)[C@@H](C)[C@@H]4CC#N)cc3Br)[C@H](C)C2)c(Cl)cn1. The Morgan fingerprint density at radius 1 is 1.27 bits per heavy atom. The van der Waals surface area contributed by atoms with E-state index in [0.29, 0.717) is 39.9 Å². The lowest BCUT2D eigenvalue weighted by Crippen LogP contribution is -2.44. The number of halogens is 5. The van der Waals surface area contributed by atoms with Gasteiger partial charge in [-0.05, 0) is 34.1 Å². The number of nitriles is 1. The summed E-state index contributed by atoms with van der Waals surface area (Å²) in [6.45, 7) is 4.97. The fraction of sp³-hybridized carbons (Fsp3) is 0.480. The Balaban J connectivity index is 1.48. The van der Waals surface area contributed by atoms with Crippen LogP contribution in [0.2, 0.25) is 5.02 Å². The molecule has 0 saturated carbocycles. The largest absolute Gasteiger partial charge is 0.489 e. The molecule has 1 saturated heterocycles. The number of hydrazone groups is 1. The van der Waals surface area contributed by atoms with Crippen LogP contribution < -0.4 is 19.4 Å². The summed E-state index contributed by atoms with van der Waals surface area (Å²) in [6.07, 6.45) is -2.40. The van der Waals surface area contributed by atoms with Gasteiger partial charge in [0.15, 0.2) is 0 Å². The van der Waals surface area contributed by atoms with E-state index in [9.17, 15) is 18.4 Å². The van der Waals surface area contributed by atoms with Crippen LogP contribution in [0.25, 0.3) is 0 Å². The number of benzene rings is 1. The highest BCUT2D eigenvalue weighted by atomic mass is 79.9. The second-order valence-electron chi connectivity index (χ2n) is 9.21. The number of rotatable bonds is 6. The molecule has 0 bridgehead atoms. The number of hydrogen-bond acceptors (Lipinski definition) is 7. The summed E-state index contributed by atoms with van der Waals surface area (Å²) >= 11 is 9.88. The average Bonchev–Trinajstić information content (AvgIpc) is 3.18. The third kappa shape index (κ3) is 5.75. The van der Waals surface area contributed by atoms with Crippen molar-refractivity contribution in [2.75, 3.05) is 30.1 Å². The highest BCUT2D eigenvalue weighted by Gasteiger charge is 2.48. The van der Waals surface area contributed by atoms with Crippen molar-refractivity contribution in [1.29, 1.82) is 5.26 Å². The number of anilines is 2. The Labute approximate surface area is 226 Å². The van der Waals surface area contributed by atoms with E-state index in [-0.39, 0.29) is 18.4 Å². The number of piperidine rings is 1. The number of pyridine rings is 1. The van der Waals surface area contributed by atoms with Gasteiger partial charge < -0.3 is 14.4 Å². The van der Waals surface area contributed by atoms with Gasteiger partial charge >= 0.3 is 6.18 Å². The second kappa shape index (κ2) is 11.0. The number of nitrogens with zero attached hydrogens (tertiary/aromatic N) is 5. The molecule has 0 unspecified atom stereocenters. The number of hydrogen-bond donors (Lipinski definition) is 0. The van der Waals surface area contributed by atoms with Crippen molar-refractivity contribution in [3.63, 3.8) is 0 Å². The quantitative estimate of drug-likeness (QED) is 0.379. The van der Waals surface area contributed by atoms with Gasteiger partial charge in [0.05, 0.1) is 52.7 Å². The number of alkyl halides is 3. The first-order valence-corrected chi connectivity index (χ1v) is 12.9. The maximum Gasteiger partial charge on any atom is 0.431 e. The predicted molar refractivity (Wildman–Crippen MR) is 140 cm³/mol. The van der Waals surface area contributed by atoms with Gasteiger partial charge in [0.1, 0.15) is 17.6 Å². The Kier molecular flexibility index (Phi) is 8.09. The van der Waals surface area contributed by atoms with Gasteiger partial charge in [-0.1, -0.05) is 25.4 Å². The minimum absolute atomic E-state index is 0.0751. The molecule has 0 N–H and O–H groups in total. The lowest BCUT2D eigenvalue weighted by molar-refractivity contribution is -0.0620. The van der Waals surface area contributed by atoms with Crippen molar-refractivity contribution in [3.8, 4) is 17.7 Å². The van der Waals surface area contributed by atoms with Crippen LogP contribution in [0.15, 0.2) is 40.0 Å². The number of aromatic nitrogens is 1. The van der Waals surface area contributed by atoms with Gasteiger partial charge in [-0.2, -0.15) is 23.5 Å². The summed E-state index contributed by atoms with van der Waals surface area (Å²) in [5, 5.41) is 14.9. The van der Waals surface area contributed by atoms with E-state index >= 15 is 0 Å². The Morgan fingerprint density at radius 3 is 2.65 bits per heavy atom. The molecule has 2 aromatic rings. The van der Waals surface area contributed by atoms with Crippen LogP contribution in [0.3, 0.4) is 0 Å². The van der Waals surface area contributed by atoms with Crippen LogP contribution in [0, 0.1) is 23.2 Å². The molecule has 7 nitrogen and oxygen atoms in total. The minimum atomic E-state index is -4.56. The molecule has 2 aliphatic heterocycles. The molecular formula is C25H26BrClF3N5O2. The van der Waals surface area contributed by atoms with Crippen LogP contribution in [-0.2, 0) is 0 Å². The minimum Gasteiger partial charge on any atom is -0.489 e. The summed E-state index contributed by atoms with van der Waals surface area (Å²) in [7, 11) is 1.56. The molecule has 1 aromatic heterocycles. The summed E-state index contributed by atoms with van der Waals surface area (Å²) in [5.41, 5.74) is 0.432. The molecular weight excluding hydrogens is 575 g/mol. The summed E-state index contributed by atoms with van der Waals surface area (Å²) in [6, 6.07) is 8.16. The molecule has 4 atom stereocenters. The Morgan fingerprint density at radius 2 is 2.03 bits per heavy atom. The predicted octanol–water partition coefficient (Wildman–Crippen LogP) is 6.46. The van der Waals surface area contributed by atoms with E-state index in [1.54, 1.807) is 31.5 Å². The molecule has 3 heterocycles. The van der Waals surface area contributed by atoms with Gasteiger partial charge in [0, 0.05) is 37.4 Å². The maximum atomic E-state index is 13.5. The third-order valence-electron chi connectivity index (χ3n) is 6.77. The summed E-state index contributed by atoms with van der Waals surface area (Å²) in [5.74, 6) is 0.315. The molecule has 4 rings (SSSR count). The van der Waals surface area contributed by atoms with E-state index in [0.717, 1.165) is 12.1 Å². The van der Waals surface area contributed by atoms with Crippen LogP contribution in [0.1, 0.15) is 26.7 Å². The number of ether oxygens (including phenoxy) is 2. The van der Waals surface area contributed by atoms with Gasteiger partial charge in [-0.25, -0.2) is 4.98 Å². The van der Waals surface area contributed by atoms with Crippen molar-refractivity contribution >= 4 is 44.6 Å². The zero-order valence-electron chi connectivity index (χ0n) is 20.5. The van der Waals surface area contributed by atoms with Gasteiger partial charge in [0.25, 0.3) is 0 Å². The van der Waals surface area contributed by atoms with Gasteiger partial charge in [-0.15, -0.1) is 0 Å². The highest BCUT2D eigenvalue weighted by molar-refractivity contribution is 9.10. The molecule has 1 aromatic carbocycles. The first-order valence-electron chi connectivity index (χ1n) is 11.8. The Bertz CT molecular complexity index is 1220. The first-order chi connectivity index (χ1) is 17.5. The van der Waals surface area contributed by atoms with Crippen molar-refractivity contribution < 1.29 is 22.6 Å². The lowest BCUT2D eigenvalue weighted by atomic mass is 9.95. The van der Waals surface area contributed by atoms with Crippen molar-refractivity contribution in [1.82, 2.24) is 4.98 Å². The Hall–Kier alpha value is -2.71. The van der Waals surface area contributed by atoms with E-state index in [2.05, 4.69) is 37.8 Å². The second-order valence-corrected chi connectivity index (χ2v) is 10.5. The molecule has 37 heavy (non-hydrogen) atoms. The third-order valence-corrected chi connectivity index (χ3v) is 7.68. The molecule has 1 fully saturated rings. The fourth-order valence-electron chi connectivity index (χ4n) is 4.77. The van der Waals surface area contributed by atoms with E-state index in [1.807, 2.05) is 12.1 Å². The van der Waals surface area contributed by atoms with Crippen LogP contribution >= 0.6 is 27.5 Å². The molecule has 198 valence electrons. The molecule has 2 aliphatic rings. The van der Waals surface area contributed by atoms with Crippen molar-refractivity contribution in [2.45, 2.75) is 45.0 Å². The van der Waals surface area contributed by atoms with Crippen LogP contribution in [-0.4, -0.2) is 49.2 Å². The van der Waals surface area contributed by atoms with Crippen LogP contribution in [0.4, 0.5) is 24.5 Å². The van der Waals surface area contributed by atoms with Crippen molar-refractivity contribution in [2.24, 2.45) is 16.9 Å².